The molecule has 0 fully saturated rings. The van der Waals surface area contributed by atoms with E-state index in [-0.39, 0.29) is 22.0 Å². The van der Waals surface area contributed by atoms with Crippen molar-refractivity contribution >= 4 is 22.8 Å². The van der Waals surface area contributed by atoms with E-state index in [1.165, 1.54) is 22.3 Å². The molecule has 0 saturated carbocycles. The first-order chi connectivity index (χ1) is 19.7. The smallest absolute Gasteiger partial charge is 0.169 e. The molecule has 1 aromatic heterocycles. The quantitative estimate of drug-likeness (QED) is 0.212. The third kappa shape index (κ3) is 3.15. The minimum absolute atomic E-state index is 0.165. The molecule has 2 aliphatic rings. The summed E-state index contributed by atoms with van der Waals surface area (Å²) in [4.78, 5) is 0. The molecule has 2 aliphatic carbocycles. The van der Waals surface area contributed by atoms with E-state index in [0.29, 0.717) is 22.2 Å². The Kier molecular flexibility index (Phi) is 4.90. The van der Waals surface area contributed by atoms with Crippen LogP contribution < -0.4 is 0 Å². The second-order valence-electron chi connectivity index (χ2n) is 12.2. The van der Waals surface area contributed by atoms with Crippen molar-refractivity contribution in [2.75, 3.05) is 0 Å². The Balaban J connectivity index is 1.32. The van der Waals surface area contributed by atoms with Gasteiger partial charge >= 0.3 is 0 Å². The second kappa shape index (κ2) is 8.17. The van der Waals surface area contributed by atoms with Crippen LogP contribution in [-0.4, -0.2) is 8.75 Å². The summed E-state index contributed by atoms with van der Waals surface area (Å²) in [5, 5.41) is 0. The van der Waals surface area contributed by atoms with Gasteiger partial charge in [0, 0.05) is 22.0 Å². The molecule has 0 N–H and O–H groups in total. The monoisotopic (exact) mass is 556 g/mol. The molecule has 8 rings (SSSR count). The average molecular weight is 557 g/mol. The third-order valence-electron chi connectivity index (χ3n) is 9.34. The molecule has 0 bridgehead atoms. The Bertz CT molecular complexity index is 1940. The molecule has 0 amide bonds. The van der Waals surface area contributed by atoms with Crippen LogP contribution in [0.3, 0.4) is 0 Å². The molecule has 5 aromatic carbocycles. The lowest BCUT2D eigenvalue weighted by Gasteiger charge is -2.22. The molecule has 1 heterocycles. The molecular weight excluding hydrogens is 530 g/mol. The molecule has 5 heteroatoms. The van der Waals surface area contributed by atoms with Crippen molar-refractivity contribution in [2.45, 2.75) is 38.5 Å². The number of rotatable bonds is 2. The molecule has 41 heavy (non-hydrogen) atoms. The molecule has 0 saturated heterocycles. The van der Waals surface area contributed by atoms with E-state index in [4.69, 9.17) is 0 Å². The lowest BCUT2D eigenvalue weighted by molar-refractivity contribution is 0.515. The van der Waals surface area contributed by atoms with Gasteiger partial charge in [-0.05, 0) is 67.8 Å². The number of aromatic nitrogens is 2. The summed E-state index contributed by atoms with van der Waals surface area (Å²) in [5.41, 5.74) is 11.1. The Morgan fingerprint density at radius 1 is 0.512 bits per heavy atom. The normalized spacial score (nSPS) is 15.5. The van der Waals surface area contributed by atoms with Crippen LogP contribution in [0.5, 0.6) is 0 Å². The maximum atomic E-state index is 16.3. The van der Waals surface area contributed by atoms with Crippen molar-refractivity contribution < 1.29 is 8.78 Å². The van der Waals surface area contributed by atoms with Gasteiger partial charge in [0.25, 0.3) is 0 Å². The number of hydrogen-bond donors (Lipinski definition) is 0. The maximum Gasteiger partial charge on any atom is 0.169 e. The zero-order valence-corrected chi connectivity index (χ0v) is 24.0. The molecule has 6 aromatic rings. The number of benzene rings is 5. The Labute approximate surface area is 241 Å². The van der Waals surface area contributed by atoms with Gasteiger partial charge in [0.1, 0.15) is 11.0 Å². The summed E-state index contributed by atoms with van der Waals surface area (Å²) in [5.74, 6) is -1.78. The number of hydrogen-bond acceptors (Lipinski definition) is 3. The highest BCUT2D eigenvalue weighted by molar-refractivity contribution is 7.00. The van der Waals surface area contributed by atoms with E-state index >= 15 is 8.78 Å². The van der Waals surface area contributed by atoms with Gasteiger partial charge < -0.3 is 0 Å². The van der Waals surface area contributed by atoms with E-state index in [9.17, 15) is 0 Å². The SMILES string of the molecule is CC1(C)c2ccccc2-c2ccc(-c3c(F)c(F)c(-c4ccc5c(c4)C(C)(C)c4ccccc4-5)c4nsnc34)cc21. The van der Waals surface area contributed by atoms with Crippen molar-refractivity contribution in [1.29, 1.82) is 0 Å². The van der Waals surface area contributed by atoms with E-state index in [0.717, 1.165) is 34.0 Å². The third-order valence-corrected chi connectivity index (χ3v) is 9.87. The predicted octanol–water partition coefficient (Wildman–Crippen LogP) is 9.92. The topological polar surface area (TPSA) is 25.8 Å². The van der Waals surface area contributed by atoms with Gasteiger partial charge in [-0.3, -0.25) is 0 Å². The van der Waals surface area contributed by atoms with Crippen LogP contribution >= 0.6 is 11.7 Å². The lowest BCUT2D eigenvalue weighted by Crippen LogP contribution is -2.15. The summed E-state index contributed by atoms with van der Waals surface area (Å²) in [6.07, 6.45) is 0. The van der Waals surface area contributed by atoms with Crippen molar-refractivity contribution in [1.82, 2.24) is 8.75 Å². The standard InChI is InChI=1S/C36H26F2N2S/c1-35(2)25-11-7-5-9-21(25)23-15-13-19(17-27(23)35)29-31(37)32(38)30(34-33(29)39-41-40-34)20-14-16-24-22-10-6-8-12-26(22)36(3,4)28(24)18-20/h5-18H,1-4H3. The fourth-order valence-corrected chi connectivity index (χ4v) is 7.75. The second-order valence-corrected chi connectivity index (χ2v) is 12.7. The fraction of sp³-hybridized carbons (Fsp3) is 0.167. The van der Waals surface area contributed by atoms with Crippen LogP contribution in [0.4, 0.5) is 8.78 Å². The highest BCUT2D eigenvalue weighted by Gasteiger charge is 2.37. The van der Waals surface area contributed by atoms with Crippen LogP contribution in [0.2, 0.25) is 0 Å². The van der Waals surface area contributed by atoms with Crippen LogP contribution in [0.15, 0.2) is 84.9 Å². The zero-order valence-electron chi connectivity index (χ0n) is 23.1. The number of fused-ring (bicyclic) bond motifs is 7. The molecule has 0 spiro atoms. The first-order valence-corrected chi connectivity index (χ1v) is 14.6. The van der Waals surface area contributed by atoms with Crippen LogP contribution in [-0.2, 0) is 10.8 Å². The van der Waals surface area contributed by atoms with Crippen molar-refractivity contribution in [3.05, 3.63) is 119 Å². The molecule has 0 atom stereocenters. The minimum atomic E-state index is -0.892. The predicted molar refractivity (Wildman–Crippen MR) is 163 cm³/mol. The van der Waals surface area contributed by atoms with Crippen LogP contribution in [0.1, 0.15) is 49.9 Å². The van der Waals surface area contributed by atoms with E-state index < -0.39 is 11.6 Å². The fourth-order valence-electron chi connectivity index (χ4n) is 7.19. The number of nitrogens with zero attached hydrogens (tertiary/aromatic N) is 2. The Hall–Kier alpha value is -4.22. The largest absolute Gasteiger partial charge is 0.203 e. The summed E-state index contributed by atoms with van der Waals surface area (Å²) in [6.45, 7) is 8.70. The van der Waals surface area contributed by atoms with Crippen LogP contribution in [0.25, 0.3) is 55.5 Å². The van der Waals surface area contributed by atoms with Crippen molar-refractivity contribution in [3.63, 3.8) is 0 Å². The first-order valence-electron chi connectivity index (χ1n) is 13.8. The highest BCUT2D eigenvalue weighted by Crippen LogP contribution is 2.52. The summed E-state index contributed by atoms with van der Waals surface area (Å²) >= 11 is 0.985. The molecule has 0 radical (unpaired) electrons. The Morgan fingerprint density at radius 2 is 0.902 bits per heavy atom. The summed E-state index contributed by atoms with van der Waals surface area (Å²) in [7, 11) is 0. The molecule has 0 aliphatic heterocycles. The summed E-state index contributed by atoms with van der Waals surface area (Å²) in [6, 6.07) is 28.5. The van der Waals surface area contributed by atoms with Gasteiger partial charge in [-0.25, -0.2) is 8.78 Å². The van der Waals surface area contributed by atoms with E-state index in [2.05, 4.69) is 60.7 Å². The van der Waals surface area contributed by atoms with Gasteiger partial charge in [0.05, 0.1) is 11.7 Å². The van der Waals surface area contributed by atoms with Crippen LogP contribution in [0, 0.1) is 11.6 Å². The van der Waals surface area contributed by atoms with E-state index in [1.54, 1.807) is 0 Å². The van der Waals surface area contributed by atoms with Gasteiger partial charge in [-0.1, -0.05) is 100 Å². The zero-order chi connectivity index (χ0) is 28.3. The highest BCUT2D eigenvalue weighted by atomic mass is 32.1. The van der Waals surface area contributed by atoms with Gasteiger partial charge in [-0.2, -0.15) is 8.75 Å². The molecular formula is C36H26F2N2S. The Morgan fingerprint density at radius 3 is 1.34 bits per heavy atom. The average Bonchev–Trinajstić information content (AvgIpc) is 3.60. The van der Waals surface area contributed by atoms with Gasteiger partial charge in [0.15, 0.2) is 11.6 Å². The van der Waals surface area contributed by atoms with Gasteiger partial charge in [-0.15, -0.1) is 0 Å². The van der Waals surface area contributed by atoms with Crippen molar-refractivity contribution in [3.8, 4) is 44.5 Å². The van der Waals surface area contributed by atoms with E-state index in [1.807, 2.05) is 60.7 Å². The molecule has 200 valence electrons. The first kappa shape index (κ1) is 24.6. The van der Waals surface area contributed by atoms with Gasteiger partial charge in [0.2, 0.25) is 0 Å². The summed E-state index contributed by atoms with van der Waals surface area (Å²) < 4.78 is 41.5. The molecule has 0 unspecified atom stereocenters. The molecule has 2 nitrogen and oxygen atoms in total. The van der Waals surface area contributed by atoms with Crippen molar-refractivity contribution in [2.24, 2.45) is 0 Å². The minimum Gasteiger partial charge on any atom is -0.203 e. The maximum absolute atomic E-state index is 16.3. The lowest BCUT2D eigenvalue weighted by atomic mass is 9.81. The number of halogens is 2.